The Labute approximate surface area is 176 Å². The second-order valence-corrected chi connectivity index (χ2v) is 8.90. The molecule has 152 valence electrons. The van der Waals surface area contributed by atoms with E-state index >= 15 is 0 Å². The lowest BCUT2D eigenvalue weighted by molar-refractivity contribution is 0.519. The minimum absolute atomic E-state index is 0.0233. The van der Waals surface area contributed by atoms with E-state index < -0.39 is 10.0 Å². The van der Waals surface area contributed by atoms with E-state index in [1.54, 1.807) is 18.2 Å². The number of benzene rings is 3. The lowest BCUT2D eigenvalue weighted by atomic mass is 10.0. The van der Waals surface area contributed by atoms with Crippen LogP contribution >= 0.6 is 0 Å². The monoisotopic (exact) mass is 418 g/mol. The van der Waals surface area contributed by atoms with Crippen molar-refractivity contribution in [3.63, 3.8) is 0 Å². The van der Waals surface area contributed by atoms with E-state index in [1.807, 2.05) is 56.3 Å². The van der Waals surface area contributed by atoms with Crippen LogP contribution in [0, 0.1) is 13.8 Å². The van der Waals surface area contributed by atoms with Gasteiger partial charge in [0.2, 0.25) is 10.0 Å². The van der Waals surface area contributed by atoms with Crippen molar-refractivity contribution in [2.24, 2.45) is 5.14 Å². The van der Waals surface area contributed by atoms with Crippen LogP contribution < -0.4 is 5.14 Å². The van der Waals surface area contributed by atoms with Gasteiger partial charge < -0.3 is 4.42 Å². The summed E-state index contributed by atoms with van der Waals surface area (Å²) < 4.78 is 30.6. The Morgan fingerprint density at radius 3 is 2.20 bits per heavy atom. The van der Waals surface area contributed by atoms with Gasteiger partial charge in [0.1, 0.15) is 5.69 Å². The zero-order chi connectivity index (χ0) is 21.3. The van der Waals surface area contributed by atoms with Gasteiger partial charge in [-0.2, -0.15) is 0 Å². The van der Waals surface area contributed by atoms with Crippen molar-refractivity contribution in [3.05, 3.63) is 95.4 Å². The SMILES string of the molecule is Cc1cc(C)cc(-c2oc(Cc3ccccc3)nc2-c2ccccc2S(N)(=O)=O)c1. The van der Waals surface area contributed by atoms with E-state index in [4.69, 9.17) is 14.5 Å². The van der Waals surface area contributed by atoms with Crippen molar-refractivity contribution < 1.29 is 12.8 Å². The molecule has 0 aliphatic carbocycles. The first-order valence-electron chi connectivity index (χ1n) is 9.56. The van der Waals surface area contributed by atoms with E-state index in [0.29, 0.717) is 29.3 Å². The molecule has 6 heteroatoms. The fourth-order valence-electron chi connectivity index (χ4n) is 3.60. The van der Waals surface area contributed by atoms with Crippen LogP contribution in [0.15, 0.2) is 82.1 Å². The molecule has 1 heterocycles. The van der Waals surface area contributed by atoms with E-state index in [9.17, 15) is 8.42 Å². The first-order chi connectivity index (χ1) is 14.3. The van der Waals surface area contributed by atoms with Gasteiger partial charge in [-0.1, -0.05) is 65.7 Å². The Kier molecular flexibility index (Phi) is 5.28. The molecule has 2 N–H and O–H groups in total. The van der Waals surface area contributed by atoms with Gasteiger partial charge in [0.05, 0.1) is 4.90 Å². The molecule has 0 spiro atoms. The predicted octanol–water partition coefficient (Wildman–Crippen LogP) is 4.86. The summed E-state index contributed by atoms with van der Waals surface area (Å²) in [6.07, 6.45) is 0.496. The van der Waals surface area contributed by atoms with Crippen LogP contribution in [0.1, 0.15) is 22.6 Å². The first-order valence-corrected chi connectivity index (χ1v) is 11.1. The largest absolute Gasteiger partial charge is 0.440 e. The lowest BCUT2D eigenvalue weighted by Gasteiger charge is -2.08. The molecule has 4 aromatic rings. The highest BCUT2D eigenvalue weighted by molar-refractivity contribution is 7.89. The van der Waals surface area contributed by atoms with Crippen LogP contribution in [-0.4, -0.2) is 13.4 Å². The Balaban J connectivity index is 1.93. The minimum atomic E-state index is -3.93. The maximum Gasteiger partial charge on any atom is 0.238 e. The molecule has 0 fully saturated rings. The van der Waals surface area contributed by atoms with Gasteiger partial charge in [-0.3, -0.25) is 0 Å². The van der Waals surface area contributed by atoms with Crippen molar-refractivity contribution in [2.75, 3.05) is 0 Å². The van der Waals surface area contributed by atoms with Gasteiger partial charge >= 0.3 is 0 Å². The number of hydrogen-bond donors (Lipinski definition) is 1. The number of nitrogens with zero attached hydrogens (tertiary/aromatic N) is 1. The van der Waals surface area contributed by atoms with Gasteiger partial charge in [-0.15, -0.1) is 0 Å². The van der Waals surface area contributed by atoms with E-state index in [-0.39, 0.29) is 4.90 Å². The van der Waals surface area contributed by atoms with Gasteiger partial charge in [-0.25, -0.2) is 18.5 Å². The fraction of sp³-hybridized carbons (Fsp3) is 0.125. The lowest BCUT2D eigenvalue weighted by Crippen LogP contribution is -2.13. The molecule has 0 radical (unpaired) electrons. The molecule has 0 aliphatic heterocycles. The quantitative estimate of drug-likeness (QED) is 0.501. The van der Waals surface area contributed by atoms with Crippen LogP contribution in [0.25, 0.3) is 22.6 Å². The third-order valence-electron chi connectivity index (χ3n) is 4.80. The van der Waals surface area contributed by atoms with Gasteiger partial charge in [0.25, 0.3) is 0 Å². The average molecular weight is 419 g/mol. The normalized spacial score (nSPS) is 11.6. The van der Waals surface area contributed by atoms with E-state index in [0.717, 1.165) is 22.3 Å². The summed E-state index contributed by atoms with van der Waals surface area (Å²) >= 11 is 0. The van der Waals surface area contributed by atoms with Crippen molar-refractivity contribution in [1.29, 1.82) is 0 Å². The number of oxazole rings is 1. The molecule has 5 nitrogen and oxygen atoms in total. The molecule has 3 aromatic carbocycles. The highest BCUT2D eigenvalue weighted by atomic mass is 32.2. The molecule has 1 aromatic heterocycles. The number of sulfonamides is 1. The molecule has 0 saturated heterocycles. The summed E-state index contributed by atoms with van der Waals surface area (Å²) in [5.41, 5.74) is 4.96. The average Bonchev–Trinajstić information content (AvgIpc) is 3.11. The topological polar surface area (TPSA) is 86.2 Å². The first kappa shape index (κ1) is 20.1. The molecule has 4 rings (SSSR count). The number of aromatic nitrogens is 1. The summed E-state index contributed by atoms with van der Waals surface area (Å²) in [5, 5.41) is 5.48. The molecule has 0 unspecified atom stereocenters. The summed E-state index contributed by atoms with van der Waals surface area (Å²) in [6, 6.07) is 22.5. The molecule has 30 heavy (non-hydrogen) atoms. The third-order valence-corrected chi connectivity index (χ3v) is 5.77. The van der Waals surface area contributed by atoms with Crippen LogP contribution in [0.2, 0.25) is 0 Å². The van der Waals surface area contributed by atoms with Crippen LogP contribution in [-0.2, 0) is 16.4 Å². The zero-order valence-electron chi connectivity index (χ0n) is 16.8. The van der Waals surface area contributed by atoms with Gasteiger partial charge in [0.15, 0.2) is 11.7 Å². The van der Waals surface area contributed by atoms with E-state index in [1.165, 1.54) is 6.07 Å². The summed E-state index contributed by atoms with van der Waals surface area (Å²) in [5.74, 6) is 1.04. The molecular formula is C24H22N2O3S. The number of nitrogens with two attached hydrogens (primary N) is 1. The number of hydrogen-bond acceptors (Lipinski definition) is 4. The molecule has 0 aliphatic rings. The number of rotatable bonds is 5. The number of aryl methyl sites for hydroxylation is 2. The van der Waals surface area contributed by atoms with Gasteiger partial charge in [-0.05, 0) is 37.6 Å². The van der Waals surface area contributed by atoms with Crippen LogP contribution in [0.3, 0.4) is 0 Å². The van der Waals surface area contributed by atoms with Crippen LogP contribution in [0.4, 0.5) is 0 Å². The van der Waals surface area contributed by atoms with Crippen molar-refractivity contribution in [3.8, 4) is 22.6 Å². The van der Waals surface area contributed by atoms with E-state index in [2.05, 4.69) is 6.07 Å². The highest BCUT2D eigenvalue weighted by Gasteiger charge is 2.23. The minimum Gasteiger partial charge on any atom is -0.440 e. The Bertz CT molecular complexity index is 1290. The smallest absolute Gasteiger partial charge is 0.238 e. The molecule has 0 amide bonds. The van der Waals surface area contributed by atoms with Crippen LogP contribution in [0.5, 0.6) is 0 Å². The maximum atomic E-state index is 12.2. The highest BCUT2D eigenvalue weighted by Crippen LogP contribution is 2.36. The molecule has 0 bridgehead atoms. The molecule has 0 saturated carbocycles. The predicted molar refractivity (Wildman–Crippen MR) is 117 cm³/mol. The van der Waals surface area contributed by atoms with Crippen molar-refractivity contribution in [1.82, 2.24) is 4.98 Å². The second-order valence-electron chi connectivity index (χ2n) is 7.37. The van der Waals surface area contributed by atoms with Crippen molar-refractivity contribution >= 4 is 10.0 Å². The summed E-state index contributed by atoms with van der Waals surface area (Å²) in [7, 11) is -3.93. The fourth-order valence-corrected chi connectivity index (χ4v) is 4.34. The summed E-state index contributed by atoms with van der Waals surface area (Å²) in [4.78, 5) is 4.72. The molecule has 0 atom stereocenters. The Morgan fingerprint density at radius 2 is 1.53 bits per heavy atom. The zero-order valence-corrected chi connectivity index (χ0v) is 17.6. The maximum absolute atomic E-state index is 12.2. The summed E-state index contributed by atoms with van der Waals surface area (Å²) in [6.45, 7) is 4.02. The number of primary sulfonamides is 1. The van der Waals surface area contributed by atoms with Gasteiger partial charge in [0, 0.05) is 17.5 Å². The standard InChI is InChI=1S/C24H22N2O3S/c1-16-12-17(2)14-19(13-16)24-23(20-10-6-7-11-21(20)30(25,27)28)26-22(29-24)15-18-8-4-3-5-9-18/h3-14H,15H2,1-2H3,(H2,25,27,28). The molecular weight excluding hydrogens is 396 g/mol. The van der Waals surface area contributed by atoms with Crippen molar-refractivity contribution in [2.45, 2.75) is 25.2 Å². The Hall–Kier alpha value is -3.22. The second kappa shape index (κ2) is 7.89. The Morgan fingerprint density at radius 1 is 0.900 bits per heavy atom. The third kappa shape index (κ3) is 4.20.